The lowest BCUT2D eigenvalue weighted by Gasteiger charge is -2.36. The average molecular weight is 330 g/mol. The Morgan fingerprint density at radius 1 is 1.12 bits per heavy atom. The Morgan fingerprint density at radius 2 is 2.00 bits per heavy atom. The zero-order chi connectivity index (χ0) is 16.8. The molecule has 4 nitrogen and oxygen atoms in total. The van der Waals surface area contributed by atoms with Crippen molar-refractivity contribution in [3.05, 3.63) is 41.5 Å². The molecule has 2 aliphatic carbocycles. The molecular weight excluding hydrogens is 304 g/mol. The highest BCUT2D eigenvalue weighted by atomic mass is 16.7. The molecule has 1 aromatic carbocycles. The number of methoxy groups -OCH3 is 1. The molecule has 0 spiro atoms. The van der Waals surface area contributed by atoms with Crippen LogP contribution in [0.2, 0.25) is 0 Å². The van der Waals surface area contributed by atoms with Gasteiger partial charge in [0.1, 0.15) is 5.75 Å². The summed E-state index contributed by atoms with van der Waals surface area (Å²) in [4.78, 5) is 12.2. The van der Waals surface area contributed by atoms with Crippen LogP contribution < -0.4 is 4.74 Å². The summed E-state index contributed by atoms with van der Waals surface area (Å²) in [6.07, 6.45) is 7.17. The lowest BCUT2D eigenvalue weighted by atomic mass is 9.68. The van der Waals surface area contributed by atoms with Crippen molar-refractivity contribution in [1.29, 1.82) is 0 Å². The molecule has 4 heteroatoms. The van der Waals surface area contributed by atoms with Crippen LogP contribution in [0.5, 0.6) is 5.75 Å². The van der Waals surface area contributed by atoms with E-state index in [1.54, 1.807) is 7.11 Å². The first-order chi connectivity index (χ1) is 11.8. The number of benzene rings is 1. The molecule has 0 N–H and O–H groups in total. The molecular formula is C20H26O4. The molecule has 130 valence electrons. The maximum absolute atomic E-state index is 12.2. The molecule has 1 saturated carbocycles. The second kappa shape index (κ2) is 8.45. The van der Waals surface area contributed by atoms with E-state index in [1.807, 2.05) is 24.3 Å². The van der Waals surface area contributed by atoms with E-state index in [0.29, 0.717) is 25.6 Å². The first-order valence-corrected chi connectivity index (χ1v) is 8.81. The summed E-state index contributed by atoms with van der Waals surface area (Å²) in [5.74, 6) is 1.79. The van der Waals surface area contributed by atoms with Crippen LogP contribution in [-0.4, -0.2) is 32.9 Å². The molecule has 1 aromatic rings. The van der Waals surface area contributed by atoms with Gasteiger partial charge in [-0.2, -0.15) is 0 Å². The number of ether oxygens (including phenoxy) is 3. The van der Waals surface area contributed by atoms with Gasteiger partial charge in [0, 0.05) is 19.4 Å². The number of carbonyl (C=O) groups is 1. The van der Waals surface area contributed by atoms with Gasteiger partial charge in [-0.25, -0.2) is 0 Å². The molecule has 0 aliphatic heterocycles. The van der Waals surface area contributed by atoms with Gasteiger partial charge in [0.15, 0.2) is 12.6 Å². The van der Waals surface area contributed by atoms with Crippen LogP contribution in [0.25, 0.3) is 0 Å². The molecule has 1 fully saturated rings. The first-order valence-electron chi connectivity index (χ1n) is 8.81. The molecule has 0 radical (unpaired) electrons. The van der Waals surface area contributed by atoms with Crippen molar-refractivity contribution >= 4 is 5.78 Å². The number of fused-ring (bicyclic) bond motifs is 1. The third-order valence-electron chi connectivity index (χ3n) is 5.01. The molecule has 2 aliphatic rings. The van der Waals surface area contributed by atoms with Crippen LogP contribution in [0.15, 0.2) is 35.9 Å². The summed E-state index contributed by atoms with van der Waals surface area (Å²) < 4.78 is 16.2. The van der Waals surface area contributed by atoms with Gasteiger partial charge in [-0.15, -0.1) is 0 Å². The van der Waals surface area contributed by atoms with Crippen LogP contribution in [0.1, 0.15) is 43.6 Å². The summed E-state index contributed by atoms with van der Waals surface area (Å²) in [5.41, 5.74) is 2.48. The quantitative estimate of drug-likeness (QED) is 0.562. The van der Waals surface area contributed by atoms with E-state index in [1.165, 1.54) is 24.8 Å². The molecule has 0 bridgehead atoms. The van der Waals surface area contributed by atoms with E-state index in [4.69, 9.17) is 14.2 Å². The molecule has 0 saturated heterocycles. The molecule has 2 unspecified atom stereocenters. The van der Waals surface area contributed by atoms with Gasteiger partial charge < -0.3 is 14.2 Å². The minimum atomic E-state index is 0.203. The van der Waals surface area contributed by atoms with Gasteiger partial charge in [-0.3, -0.25) is 4.79 Å². The number of hydrogen-bond acceptors (Lipinski definition) is 4. The molecule has 24 heavy (non-hydrogen) atoms. The lowest BCUT2D eigenvalue weighted by molar-refractivity contribution is -0.115. The van der Waals surface area contributed by atoms with Crippen LogP contribution in [-0.2, 0) is 14.3 Å². The van der Waals surface area contributed by atoms with Crippen LogP contribution in [0.3, 0.4) is 0 Å². The molecule has 3 rings (SSSR count). The molecule has 0 amide bonds. The largest absolute Gasteiger partial charge is 0.467 e. The lowest BCUT2D eigenvalue weighted by Crippen LogP contribution is -2.26. The summed E-state index contributed by atoms with van der Waals surface area (Å²) >= 11 is 0. The van der Waals surface area contributed by atoms with Crippen molar-refractivity contribution in [3.63, 3.8) is 0 Å². The molecule has 0 heterocycles. The number of para-hydroxylation sites is 1. The Bertz CT molecular complexity index is 593. The highest BCUT2D eigenvalue weighted by Crippen LogP contribution is 2.46. The van der Waals surface area contributed by atoms with Crippen molar-refractivity contribution in [2.75, 3.05) is 27.1 Å². The van der Waals surface area contributed by atoms with Crippen LogP contribution in [0, 0.1) is 5.92 Å². The SMILES string of the molecule is COCCOCOc1ccccc1C1CC(=O)C=C2CCCCC21. The second-order valence-corrected chi connectivity index (χ2v) is 6.55. The Hall–Kier alpha value is -1.65. The van der Waals surface area contributed by atoms with Crippen molar-refractivity contribution < 1.29 is 19.0 Å². The minimum Gasteiger partial charge on any atom is -0.467 e. The number of allylic oxidation sites excluding steroid dienone is 2. The monoisotopic (exact) mass is 330 g/mol. The standard InChI is InChI=1S/C20H26O4/c1-22-10-11-23-14-24-20-9-5-4-8-18(20)19-13-16(21)12-15-6-2-3-7-17(15)19/h4-5,8-9,12,17,19H,2-3,6-7,10-11,13-14H2,1H3. The number of hydrogen-bond donors (Lipinski definition) is 0. The fourth-order valence-corrected chi connectivity index (χ4v) is 3.88. The third kappa shape index (κ3) is 4.05. The van der Waals surface area contributed by atoms with Crippen LogP contribution in [0.4, 0.5) is 0 Å². The third-order valence-corrected chi connectivity index (χ3v) is 5.01. The summed E-state index contributed by atoms with van der Waals surface area (Å²) in [5, 5.41) is 0. The van der Waals surface area contributed by atoms with Crippen molar-refractivity contribution in [2.45, 2.75) is 38.0 Å². The number of ketones is 1. The van der Waals surface area contributed by atoms with Crippen molar-refractivity contribution in [3.8, 4) is 5.75 Å². The Labute approximate surface area is 143 Å². The highest BCUT2D eigenvalue weighted by Gasteiger charge is 2.35. The van der Waals surface area contributed by atoms with Gasteiger partial charge in [0.05, 0.1) is 13.2 Å². The van der Waals surface area contributed by atoms with E-state index in [-0.39, 0.29) is 18.5 Å². The Kier molecular flexibility index (Phi) is 6.05. The normalized spacial score (nSPS) is 23.5. The van der Waals surface area contributed by atoms with Crippen molar-refractivity contribution in [2.24, 2.45) is 5.92 Å². The van der Waals surface area contributed by atoms with E-state index in [2.05, 4.69) is 6.07 Å². The van der Waals surface area contributed by atoms with Gasteiger partial charge >= 0.3 is 0 Å². The maximum Gasteiger partial charge on any atom is 0.189 e. The molecule has 2 atom stereocenters. The van der Waals surface area contributed by atoms with Gasteiger partial charge in [-0.05, 0) is 42.9 Å². The summed E-state index contributed by atoms with van der Waals surface area (Å²) in [6.45, 7) is 1.27. The topological polar surface area (TPSA) is 44.8 Å². The van der Waals surface area contributed by atoms with E-state index in [0.717, 1.165) is 17.7 Å². The predicted octanol–water partition coefficient (Wildman–Crippen LogP) is 3.86. The summed E-state index contributed by atoms with van der Waals surface area (Å²) in [7, 11) is 1.65. The highest BCUT2D eigenvalue weighted by molar-refractivity contribution is 5.92. The summed E-state index contributed by atoms with van der Waals surface area (Å²) in [6, 6.07) is 8.07. The van der Waals surface area contributed by atoms with Gasteiger partial charge in [0.25, 0.3) is 0 Å². The van der Waals surface area contributed by atoms with E-state index in [9.17, 15) is 4.79 Å². The number of carbonyl (C=O) groups excluding carboxylic acids is 1. The molecule has 0 aromatic heterocycles. The predicted molar refractivity (Wildman–Crippen MR) is 92.2 cm³/mol. The zero-order valence-corrected chi connectivity index (χ0v) is 14.3. The Morgan fingerprint density at radius 3 is 2.88 bits per heavy atom. The maximum atomic E-state index is 12.2. The van der Waals surface area contributed by atoms with E-state index >= 15 is 0 Å². The fourth-order valence-electron chi connectivity index (χ4n) is 3.88. The zero-order valence-electron chi connectivity index (χ0n) is 14.3. The minimum absolute atomic E-state index is 0.203. The number of rotatable bonds is 7. The smallest absolute Gasteiger partial charge is 0.189 e. The second-order valence-electron chi connectivity index (χ2n) is 6.55. The fraction of sp³-hybridized carbons (Fsp3) is 0.550. The average Bonchev–Trinajstić information content (AvgIpc) is 2.61. The van der Waals surface area contributed by atoms with Crippen molar-refractivity contribution in [1.82, 2.24) is 0 Å². The van der Waals surface area contributed by atoms with Gasteiger partial charge in [-0.1, -0.05) is 30.2 Å². The van der Waals surface area contributed by atoms with Gasteiger partial charge in [0.2, 0.25) is 0 Å². The first kappa shape index (κ1) is 17.2. The Balaban J connectivity index is 1.73. The van der Waals surface area contributed by atoms with Crippen LogP contribution >= 0.6 is 0 Å². The van der Waals surface area contributed by atoms with E-state index < -0.39 is 0 Å².